The molecule has 0 aliphatic carbocycles. The summed E-state index contributed by atoms with van der Waals surface area (Å²) in [6.07, 6.45) is 1.50. The molecule has 0 atom stereocenters. The van der Waals surface area contributed by atoms with Crippen molar-refractivity contribution in [2.75, 3.05) is 4.72 Å². The quantitative estimate of drug-likeness (QED) is 0.886. The lowest BCUT2D eigenvalue weighted by molar-refractivity contribution is 0.600. The standard InChI is InChI=1S/C12H13BrClN3O2S/c1-3-17-7-12(8(2)15-17)20(18,19)16-11-5-4-9(13)6-10(11)14/h4-7,16H,3H2,1-2H3. The highest BCUT2D eigenvalue weighted by atomic mass is 79.9. The van der Waals surface area contributed by atoms with E-state index < -0.39 is 10.0 Å². The molecule has 20 heavy (non-hydrogen) atoms. The summed E-state index contributed by atoms with van der Waals surface area (Å²) in [5.74, 6) is 0. The molecule has 0 saturated carbocycles. The Balaban J connectivity index is 2.38. The van der Waals surface area contributed by atoms with Gasteiger partial charge in [-0.1, -0.05) is 27.5 Å². The Morgan fingerprint density at radius 1 is 1.45 bits per heavy atom. The van der Waals surface area contributed by atoms with E-state index in [-0.39, 0.29) is 4.90 Å². The number of halogens is 2. The molecular weight excluding hydrogens is 366 g/mol. The normalized spacial score (nSPS) is 11.6. The molecule has 8 heteroatoms. The van der Waals surface area contributed by atoms with E-state index in [4.69, 9.17) is 11.6 Å². The molecule has 1 N–H and O–H groups in total. The van der Waals surface area contributed by atoms with Crippen molar-refractivity contribution in [3.63, 3.8) is 0 Å². The Morgan fingerprint density at radius 2 is 2.15 bits per heavy atom. The van der Waals surface area contributed by atoms with Crippen molar-refractivity contribution in [3.8, 4) is 0 Å². The van der Waals surface area contributed by atoms with Crippen LogP contribution in [0.1, 0.15) is 12.6 Å². The molecule has 5 nitrogen and oxygen atoms in total. The lowest BCUT2D eigenvalue weighted by Gasteiger charge is -2.09. The number of anilines is 1. The molecule has 0 aliphatic heterocycles. The molecule has 1 aromatic heterocycles. The minimum absolute atomic E-state index is 0.151. The zero-order valence-electron chi connectivity index (χ0n) is 10.9. The van der Waals surface area contributed by atoms with Crippen LogP contribution in [-0.4, -0.2) is 18.2 Å². The van der Waals surface area contributed by atoms with Crippen molar-refractivity contribution in [1.82, 2.24) is 9.78 Å². The molecule has 0 fully saturated rings. The minimum Gasteiger partial charge on any atom is -0.278 e. The lowest BCUT2D eigenvalue weighted by Crippen LogP contribution is -2.13. The number of nitrogens with zero attached hydrogens (tertiary/aromatic N) is 2. The molecule has 1 heterocycles. The lowest BCUT2D eigenvalue weighted by atomic mass is 10.3. The van der Waals surface area contributed by atoms with Crippen LogP contribution in [-0.2, 0) is 16.6 Å². The van der Waals surface area contributed by atoms with Crippen LogP contribution in [0.5, 0.6) is 0 Å². The molecule has 0 unspecified atom stereocenters. The fourth-order valence-electron chi connectivity index (χ4n) is 1.70. The van der Waals surface area contributed by atoms with Crippen LogP contribution in [0.2, 0.25) is 5.02 Å². The maximum Gasteiger partial charge on any atom is 0.265 e. The zero-order chi connectivity index (χ0) is 14.9. The first-order chi connectivity index (χ1) is 9.33. The highest BCUT2D eigenvalue weighted by molar-refractivity contribution is 9.10. The number of rotatable bonds is 4. The van der Waals surface area contributed by atoms with E-state index in [0.29, 0.717) is 22.9 Å². The third kappa shape index (κ3) is 3.16. The van der Waals surface area contributed by atoms with Crippen molar-refractivity contribution in [3.05, 3.63) is 39.6 Å². The average molecular weight is 379 g/mol. The van der Waals surface area contributed by atoms with Gasteiger partial charge in [0.2, 0.25) is 0 Å². The van der Waals surface area contributed by atoms with E-state index in [1.807, 2.05) is 6.92 Å². The average Bonchev–Trinajstić information content (AvgIpc) is 2.75. The number of sulfonamides is 1. The number of nitrogens with one attached hydrogen (secondary N) is 1. The van der Waals surface area contributed by atoms with E-state index in [1.165, 1.54) is 6.20 Å². The summed E-state index contributed by atoms with van der Waals surface area (Å²) in [7, 11) is -3.70. The predicted octanol–water partition coefficient (Wildman–Crippen LogP) is 3.43. The van der Waals surface area contributed by atoms with Gasteiger partial charge in [-0.3, -0.25) is 9.40 Å². The number of aromatic nitrogens is 2. The van der Waals surface area contributed by atoms with Gasteiger partial charge in [-0.05, 0) is 32.0 Å². The van der Waals surface area contributed by atoms with Gasteiger partial charge in [0.1, 0.15) is 4.90 Å². The molecule has 0 amide bonds. The minimum atomic E-state index is -3.70. The molecule has 0 aliphatic rings. The Labute approximate surface area is 131 Å². The summed E-state index contributed by atoms with van der Waals surface area (Å²) < 4.78 is 29.5. The van der Waals surface area contributed by atoms with Crippen LogP contribution in [0, 0.1) is 6.92 Å². The summed E-state index contributed by atoms with van der Waals surface area (Å²) in [5.41, 5.74) is 0.783. The second-order valence-corrected chi connectivity index (χ2v) is 7.14. The second-order valence-electron chi connectivity index (χ2n) is 4.16. The fraction of sp³-hybridized carbons (Fsp3) is 0.250. The summed E-state index contributed by atoms with van der Waals surface area (Å²) >= 11 is 9.29. The van der Waals surface area contributed by atoms with Crippen LogP contribution in [0.4, 0.5) is 5.69 Å². The molecule has 0 radical (unpaired) electrons. The first-order valence-corrected chi connectivity index (χ1v) is 8.51. The highest BCUT2D eigenvalue weighted by Crippen LogP contribution is 2.28. The predicted molar refractivity (Wildman–Crippen MR) is 82.6 cm³/mol. The zero-order valence-corrected chi connectivity index (χ0v) is 14.1. The summed E-state index contributed by atoms with van der Waals surface area (Å²) in [4.78, 5) is 0.151. The number of aryl methyl sites for hydroxylation is 2. The fourth-order valence-corrected chi connectivity index (χ4v) is 3.74. The van der Waals surface area contributed by atoms with Gasteiger partial charge >= 0.3 is 0 Å². The van der Waals surface area contributed by atoms with Crippen molar-refractivity contribution in [2.24, 2.45) is 0 Å². The van der Waals surface area contributed by atoms with E-state index in [1.54, 1.807) is 29.8 Å². The van der Waals surface area contributed by atoms with Crippen molar-refractivity contribution in [1.29, 1.82) is 0 Å². The van der Waals surface area contributed by atoms with Gasteiger partial charge in [0, 0.05) is 17.2 Å². The summed E-state index contributed by atoms with van der Waals surface area (Å²) in [5, 5.41) is 4.45. The highest BCUT2D eigenvalue weighted by Gasteiger charge is 2.21. The Hall–Kier alpha value is -1.05. The van der Waals surface area contributed by atoms with E-state index in [9.17, 15) is 8.42 Å². The summed E-state index contributed by atoms with van der Waals surface area (Å²) in [6.45, 7) is 4.15. The van der Waals surface area contributed by atoms with Gasteiger partial charge in [0.15, 0.2) is 0 Å². The van der Waals surface area contributed by atoms with E-state index in [2.05, 4.69) is 25.8 Å². The summed E-state index contributed by atoms with van der Waals surface area (Å²) in [6, 6.07) is 4.94. The Morgan fingerprint density at radius 3 is 2.70 bits per heavy atom. The molecule has 108 valence electrons. The number of hydrogen-bond acceptors (Lipinski definition) is 3. The first-order valence-electron chi connectivity index (χ1n) is 5.85. The van der Waals surface area contributed by atoms with Gasteiger partial charge in [0.25, 0.3) is 10.0 Å². The Kier molecular flexibility index (Phi) is 4.41. The van der Waals surface area contributed by atoms with Crippen molar-refractivity contribution in [2.45, 2.75) is 25.3 Å². The van der Waals surface area contributed by atoms with Gasteiger partial charge in [-0.2, -0.15) is 5.10 Å². The van der Waals surface area contributed by atoms with Gasteiger partial charge < -0.3 is 0 Å². The topological polar surface area (TPSA) is 64.0 Å². The molecule has 0 bridgehead atoms. The third-order valence-corrected chi connectivity index (χ3v) is 4.96. The molecule has 2 aromatic rings. The Bertz CT molecular complexity index is 743. The monoisotopic (exact) mass is 377 g/mol. The van der Waals surface area contributed by atoms with Crippen molar-refractivity contribution >= 4 is 43.2 Å². The van der Waals surface area contributed by atoms with Gasteiger partial charge in [0.05, 0.1) is 16.4 Å². The van der Waals surface area contributed by atoms with Crippen LogP contribution in [0.15, 0.2) is 33.8 Å². The molecule has 1 aromatic carbocycles. The SMILES string of the molecule is CCn1cc(S(=O)(=O)Nc2ccc(Br)cc2Cl)c(C)n1. The van der Waals surface area contributed by atoms with Crippen LogP contribution in [0.25, 0.3) is 0 Å². The molecular formula is C12H13BrClN3O2S. The maximum absolute atomic E-state index is 12.4. The van der Waals surface area contributed by atoms with Crippen LogP contribution >= 0.6 is 27.5 Å². The van der Waals surface area contributed by atoms with Gasteiger partial charge in [-0.25, -0.2) is 8.42 Å². The molecule has 0 spiro atoms. The van der Waals surface area contributed by atoms with Gasteiger partial charge in [-0.15, -0.1) is 0 Å². The molecule has 2 rings (SSSR count). The maximum atomic E-state index is 12.4. The number of hydrogen-bond donors (Lipinski definition) is 1. The smallest absolute Gasteiger partial charge is 0.265 e. The first kappa shape index (κ1) is 15.3. The van der Waals surface area contributed by atoms with Crippen molar-refractivity contribution < 1.29 is 8.42 Å². The number of benzene rings is 1. The van der Waals surface area contributed by atoms with E-state index >= 15 is 0 Å². The second kappa shape index (κ2) is 5.75. The van der Waals surface area contributed by atoms with Crippen LogP contribution in [0.3, 0.4) is 0 Å². The third-order valence-electron chi connectivity index (χ3n) is 2.69. The van der Waals surface area contributed by atoms with Crippen LogP contribution < -0.4 is 4.72 Å². The van der Waals surface area contributed by atoms with E-state index in [0.717, 1.165) is 4.47 Å². The molecule has 0 saturated heterocycles. The largest absolute Gasteiger partial charge is 0.278 e.